The van der Waals surface area contributed by atoms with E-state index in [0.29, 0.717) is 34.0 Å². The van der Waals surface area contributed by atoms with Gasteiger partial charge < -0.3 is 26.2 Å². The van der Waals surface area contributed by atoms with Gasteiger partial charge in [-0.2, -0.15) is 0 Å². The maximum atomic E-state index is 14.0. The number of carbonyl (C=O) groups excluding carboxylic acids is 3. The highest BCUT2D eigenvalue weighted by Gasteiger charge is 2.63. The first-order valence-electron chi connectivity index (χ1n) is 16.4. The Bertz CT molecular complexity index is 1530. The maximum absolute atomic E-state index is 14.0. The number of likely N-dealkylation sites (N-methyl/N-ethyl adjacent to an activating group) is 1. The number of primary amides is 1. The highest BCUT2D eigenvalue weighted by molar-refractivity contribution is 6.33. The number of fused-ring (bicyclic) bond motifs is 3. The van der Waals surface area contributed by atoms with Gasteiger partial charge in [-0.05, 0) is 93.2 Å². The quantitative estimate of drug-likeness (QED) is 0.229. The van der Waals surface area contributed by atoms with Gasteiger partial charge >= 0.3 is 0 Å². The zero-order valence-electron chi connectivity index (χ0n) is 27.7. The highest BCUT2D eigenvalue weighted by Crippen LogP contribution is 2.55. The van der Waals surface area contributed by atoms with Crippen LogP contribution in [0, 0.1) is 29.1 Å². The summed E-state index contributed by atoms with van der Waals surface area (Å²) in [7, 11) is 3.20. The Morgan fingerprint density at radius 2 is 1.74 bits per heavy atom. The summed E-state index contributed by atoms with van der Waals surface area (Å²) in [6, 6.07) is 0.446. The van der Waals surface area contributed by atoms with Crippen LogP contribution in [0.3, 0.4) is 0 Å². The first-order chi connectivity index (χ1) is 21.5. The number of carbonyl (C=O) groups is 3. The zero-order valence-corrected chi connectivity index (χ0v) is 28.4. The third kappa shape index (κ3) is 5.16. The largest absolute Gasteiger partial charge is 0.510 e. The lowest BCUT2D eigenvalue weighted by molar-refractivity contribution is -0.148. The van der Waals surface area contributed by atoms with Crippen LogP contribution in [-0.2, 0) is 22.6 Å². The molecule has 1 saturated carbocycles. The fourth-order valence-electron chi connectivity index (χ4n) is 8.85. The minimum Gasteiger partial charge on any atom is -0.510 e. The van der Waals surface area contributed by atoms with E-state index in [9.17, 15) is 34.8 Å². The van der Waals surface area contributed by atoms with Crippen LogP contribution in [0.25, 0.3) is 0 Å². The highest BCUT2D eigenvalue weighted by atomic mass is 35.5. The average Bonchev–Trinajstić information content (AvgIpc) is 2.97. The first-order valence-corrected chi connectivity index (χ1v) is 16.8. The van der Waals surface area contributed by atoms with Crippen LogP contribution in [0.5, 0.6) is 5.75 Å². The molecule has 1 aromatic carbocycles. The summed E-state index contributed by atoms with van der Waals surface area (Å²) in [5.74, 6) is -5.36. The van der Waals surface area contributed by atoms with Crippen LogP contribution in [-0.4, -0.2) is 86.5 Å². The van der Waals surface area contributed by atoms with E-state index in [-0.39, 0.29) is 29.7 Å². The molecule has 0 bridgehead atoms. The van der Waals surface area contributed by atoms with Crippen LogP contribution >= 0.6 is 11.6 Å². The van der Waals surface area contributed by atoms with Gasteiger partial charge in [0, 0.05) is 23.1 Å². The molecular weight excluding hydrogens is 610 g/mol. The number of benzene rings is 1. The Balaban J connectivity index is 1.46. The molecule has 5 rings (SSSR count). The molecule has 6 N–H and O–H groups in total. The van der Waals surface area contributed by atoms with E-state index in [1.165, 1.54) is 30.2 Å². The van der Waals surface area contributed by atoms with Crippen molar-refractivity contribution in [3.8, 4) is 5.75 Å². The van der Waals surface area contributed by atoms with E-state index in [2.05, 4.69) is 32.6 Å². The normalized spacial score (nSPS) is 30.3. The maximum Gasteiger partial charge on any atom is 0.255 e. The number of aromatic hydroxyl groups is 1. The predicted molar refractivity (Wildman–Crippen MR) is 175 cm³/mol. The summed E-state index contributed by atoms with van der Waals surface area (Å²) in [5, 5.41) is 45.8. The van der Waals surface area contributed by atoms with Crippen molar-refractivity contribution in [1.29, 1.82) is 0 Å². The summed E-state index contributed by atoms with van der Waals surface area (Å²) in [5.41, 5.74) is 3.11. The fourth-order valence-corrected chi connectivity index (χ4v) is 9.13. The topological polar surface area (TPSA) is 165 Å². The Morgan fingerprint density at radius 1 is 1.09 bits per heavy atom. The van der Waals surface area contributed by atoms with Crippen LogP contribution < -0.4 is 5.73 Å². The van der Waals surface area contributed by atoms with Crippen LogP contribution in [0.15, 0.2) is 28.7 Å². The van der Waals surface area contributed by atoms with E-state index < -0.39 is 58.0 Å². The van der Waals surface area contributed by atoms with Gasteiger partial charge in [0.05, 0.1) is 11.6 Å². The Kier molecular flexibility index (Phi) is 9.18. The molecule has 0 heterocycles. The lowest BCUT2D eigenvalue weighted by Gasteiger charge is -2.53. The summed E-state index contributed by atoms with van der Waals surface area (Å²) < 4.78 is 0. The SMILES string of the molecule is CCCC1CC(CCN(CC)Cc2cc(O)c3c(c2Cl)C[C@H]2C[C@H]4[C@H](N(C)C)C(O)=C(C(N)=O)C(=O)[C@@]4(O)C(O)=C2C3=O)C1(C)C. The number of allylic oxidation sites excluding steroid dienone is 1. The number of phenolic OH excluding ortho intramolecular Hbond substituents is 1. The molecule has 11 heteroatoms. The second-order valence-corrected chi connectivity index (χ2v) is 15.0. The number of phenols is 1. The summed E-state index contributed by atoms with van der Waals surface area (Å²) in [6.07, 6.45) is 4.96. The van der Waals surface area contributed by atoms with E-state index in [1.807, 2.05) is 0 Å². The molecule has 10 nitrogen and oxygen atoms in total. The van der Waals surface area contributed by atoms with E-state index in [0.717, 1.165) is 25.4 Å². The number of halogens is 1. The molecule has 1 amide bonds. The average molecular weight is 658 g/mol. The summed E-state index contributed by atoms with van der Waals surface area (Å²) in [4.78, 5) is 43.4. The number of ketones is 2. The zero-order chi connectivity index (χ0) is 34.0. The molecule has 46 heavy (non-hydrogen) atoms. The van der Waals surface area contributed by atoms with Gasteiger partial charge in [0.1, 0.15) is 22.8 Å². The van der Waals surface area contributed by atoms with Crippen molar-refractivity contribution < 1.29 is 34.8 Å². The number of hydrogen-bond acceptors (Lipinski definition) is 9. The minimum absolute atomic E-state index is 0.0182. The standard InChI is InChI=1S/C35H48ClN3O7/c1-7-9-19-15-20(34(19,3)4)10-11-39(8-2)16-18-14-23(40)25-21(27(18)36)12-17-13-22-28(38(5)6)30(42)26(33(37)45)32(44)35(22,46)31(43)24(17)29(25)41/h14,17,19-20,22,28,40,42-43,46H,7-13,15-16H2,1-6H3,(H2,37,45)/t17-,19?,20?,22-,28-,35-/m0/s1. The van der Waals surface area contributed by atoms with Gasteiger partial charge in [0.15, 0.2) is 11.4 Å². The third-order valence-corrected chi connectivity index (χ3v) is 12.1. The van der Waals surface area contributed by atoms with Crippen LogP contribution in [0.2, 0.25) is 5.02 Å². The van der Waals surface area contributed by atoms with Crippen molar-refractivity contribution in [2.24, 2.45) is 34.8 Å². The number of nitrogens with two attached hydrogens (primary N) is 1. The lowest BCUT2D eigenvalue weighted by Crippen LogP contribution is -2.63. The molecule has 0 radical (unpaired) electrons. The number of aliphatic hydroxyl groups is 3. The van der Waals surface area contributed by atoms with E-state index >= 15 is 0 Å². The van der Waals surface area contributed by atoms with Gasteiger partial charge in [-0.15, -0.1) is 0 Å². The molecular formula is C35H48ClN3O7. The summed E-state index contributed by atoms with van der Waals surface area (Å²) >= 11 is 7.00. The minimum atomic E-state index is -2.67. The number of rotatable bonds is 10. The van der Waals surface area contributed by atoms with Gasteiger partial charge in [-0.3, -0.25) is 24.2 Å². The van der Waals surface area contributed by atoms with Crippen molar-refractivity contribution in [1.82, 2.24) is 9.80 Å². The molecule has 2 unspecified atom stereocenters. The number of aliphatic hydroxyl groups excluding tert-OH is 2. The van der Waals surface area contributed by atoms with Gasteiger partial charge in [0.2, 0.25) is 5.78 Å². The van der Waals surface area contributed by atoms with Gasteiger partial charge in [-0.25, -0.2) is 0 Å². The van der Waals surface area contributed by atoms with E-state index in [1.54, 1.807) is 14.1 Å². The van der Waals surface area contributed by atoms with Crippen LogP contribution in [0.4, 0.5) is 0 Å². The first kappa shape index (κ1) is 34.4. The Labute approximate surface area is 275 Å². The molecule has 6 atom stereocenters. The van der Waals surface area contributed by atoms with Crippen molar-refractivity contribution >= 4 is 29.1 Å². The second-order valence-electron chi connectivity index (χ2n) is 14.6. The molecule has 252 valence electrons. The van der Waals surface area contributed by atoms with Crippen molar-refractivity contribution in [3.63, 3.8) is 0 Å². The van der Waals surface area contributed by atoms with Crippen molar-refractivity contribution in [2.45, 2.75) is 84.4 Å². The molecule has 0 spiro atoms. The van der Waals surface area contributed by atoms with Gasteiger partial charge in [0.25, 0.3) is 5.91 Å². The molecule has 4 aliphatic rings. The number of nitrogens with zero attached hydrogens (tertiary/aromatic N) is 2. The monoisotopic (exact) mass is 657 g/mol. The molecule has 1 aromatic rings. The predicted octanol–water partition coefficient (Wildman–Crippen LogP) is 4.45. The van der Waals surface area contributed by atoms with Crippen molar-refractivity contribution in [2.75, 3.05) is 27.2 Å². The van der Waals surface area contributed by atoms with Crippen LogP contribution in [0.1, 0.15) is 81.3 Å². The number of Topliss-reactive ketones (excluding diaryl/α,β-unsaturated/α-hetero) is 2. The van der Waals surface area contributed by atoms with Crippen molar-refractivity contribution in [3.05, 3.63) is 50.4 Å². The number of hydrogen-bond donors (Lipinski definition) is 5. The Hall–Kier alpha value is -2.92. The summed E-state index contributed by atoms with van der Waals surface area (Å²) in [6.45, 7) is 11.2. The second kappa shape index (κ2) is 12.3. The van der Waals surface area contributed by atoms with Gasteiger partial charge in [-0.1, -0.05) is 52.1 Å². The molecule has 0 saturated heterocycles. The van der Waals surface area contributed by atoms with E-state index in [4.69, 9.17) is 17.3 Å². The molecule has 0 aromatic heterocycles. The smallest absolute Gasteiger partial charge is 0.255 e. The fraction of sp³-hybridized carbons (Fsp3) is 0.629. The molecule has 0 aliphatic heterocycles. The lowest BCUT2D eigenvalue weighted by atomic mass is 9.53. The Morgan fingerprint density at radius 3 is 2.30 bits per heavy atom. The third-order valence-electron chi connectivity index (χ3n) is 11.7. The molecule has 1 fully saturated rings. The number of amides is 1. The molecule has 4 aliphatic carbocycles.